The van der Waals surface area contributed by atoms with Crippen LogP contribution in [0.1, 0.15) is 12.3 Å². The minimum Gasteiger partial charge on any atom is -0.387 e. The molecule has 2 aromatic heterocycles. The van der Waals surface area contributed by atoms with E-state index < -0.39 is 77.2 Å². The zero-order chi connectivity index (χ0) is 26.5. The van der Waals surface area contributed by atoms with Gasteiger partial charge in [-0.25, -0.2) is 19.1 Å². The van der Waals surface area contributed by atoms with Gasteiger partial charge in [-0.3, -0.25) is 23.0 Å². The molecular weight excluding hydrogens is 542 g/mol. The number of phosphoric ester groups is 2. The second kappa shape index (κ2) is 10.0. The Morgan fingerprint density at radius 1 is 1.05 bits per heavy atom. The lowest BCUT2D eigenvalue weighted by atomic mass is 10.1. The van der Waals surface area contributed by atoms with Crippen LogP contribution in [0.5, 0.6) is 0 Å². The minimum atomic E-state index is -5.20. The Morgan fingerprint density at radius 3 is 2.43 bits per heavy atom. The first-order chi connectivity index (χ1) is 17.5. The number of aliphatic hydroxyl groups is 2. The lowest BCUT2D eigenvalue weighted by Crippen LogP contribution is -2.38. The number of hydrogen-bond donors (Lipinski definition) is 4. The van der Waals surface area contributed by atoms with Crippen LogP contribution >= 0.6 is 15.6 Å². The molecule has 204 valence electrons. The van der Waals surface area contributed by atoms with Gasteiger partial charge in [0.2, 0.25) is 0 Å². The molecular formula is C18H24N4O13P2. The summed E-state index contributed by atoms with van der Waals surface area (Å²) in [5.41, 5.74) is -0.610. The topological polar surface area (TPSA) is 223 Å². The molecule has 2 aromatic rings. The fraction of sp³-hybridized carbons (Fsp3) is 0.611. The number of aromatic nitrogens is 4. The van der Waals surface area contributed by atoms with Crippen molar-refractivity contribution >= 4 is 26.8 Å². The van der Waals surface area contributed by atoms with Crippen molar-refractivity contribution in [2.75, 3.05) is 26.4 Å². The van der Waals surface area contributed by atoms with E-state index >= 15 is 0 Å². The van der Waals surface area contributed by atoms with Crippen molar-refractivity contribution < 1.29 is 56.7 Å². The normalized spacial score (nSPS) is 40.7. The van der Waals surface area contributed by atoms with Gasteiger partial charge in [-0.15, -0.1) is 6.58 Å². The molecule has 4 N–H and O–H groups in total. The van der Waals surface area contributed by atoms with Crippen molar-refractivity contribution in [2.45, 2.75) is 42.8 Å². The van der Waals surface area contributed by atoms with Gasteiger partial charge in [0, 0.05) is 0 Å². The van der Waals surface area contributed by atoms with Gasteiger partial charge in [-0.05, 0) is 0 Å². The van der Waals surface area contributed by atoms with Crippen LogP contribution in [0.3, 0.4) is 0 Å². The number of phosphoric acid groups is 2. The Kier molecular flexibility index (Phi) is 7.25. The van der Waals surface area contributed by atoms with Crippen molar-refractivity contribution in [2.24, 2.45) is 0 Å². The molecule has 6 rings (SSSR count). The maximum absolute atomic E-state index is 13.3. The maximum Gasteiger partial charge on any atom is 0.481 e. The SMILES string of the molecule is C=CCO[C@@H]1[C@H]2CO[C@@H]1COP(=O)(O)OP(=O)(O)OC[C@H]1O[C@H]([C@H](O)[C@@H]1O)n1cnc3c(=O)n2cnc31. The smallest absolute Gasteiger partial charge is 0.387 e. The average Bonchev–Trinajstić information content (AvgIpc) is 3.51. The molecule has 4 aliphatic rings. The first-order valence-electron chi connectivity index (χ1n) is 11.0. The standard InChI is InChI=1S/C18H24N4O13P2/c1-2-3-30-15-9-4-31-11(15)6-33-37(28,29)35-36(26,27)32-5-10-13(23)14(24)18(34-10)22-7-19-12-16(22)20-8-21(9)17(12)25/h2,7-11,13-15,18,23-24H,1,3-6H2,(H,26,27)(H,28,29)/t9-,10-,11-,13-,14-,15-,18-/m1/s1. The van der Waals surface area contributed by atoms with Gasteiger partial charge in [-0.1, -0.05) is 6.08 Å². The van der Waals surface area contributed by atoms with Gasteiger partial charge in [0.05, 0.1) is 38.8 Å². The molecule has 17 nitrogen and oxygen atoms in total. The Balaban J connectivity index is 1.58. The summed E-state index contributed by atoms with van der Waals surface area (Å²) >= 11 is 0. The van der Waals surface area contributed by atoms with Crippen LogP contribution in [0.2, 0.25) is 0 Å². The molecule has 0 saturated carbocycles. The summed E-state index contributed by atoms with van der Waals surface area (Å²) in [5.74, 6) is 0. The summed E-state index contributed by atoms with van der Waals surface area (Å²) in [5, 5.41) is 20.9. The highest BCUT2D eigenvalue weighted by molar-refractivity contribution is 7.61. The highest BCUT2D eigenvalue weighted by Crippen LogP contribution is 2.60. The van der Waals surface area contributed by atoms with E-state index in [4.69, 9.17) is 23.3 Å². The third kappa shape index (κ3) is 5.11. The van der Waals surface area contributed by atoms with E-state index in [0.29, 0.717) is 0 Å². The van der Waals surface area contributed by atoms with Crippen molar-refractivity contribution in [3.05, 3.63) is 35.7 Å². The number of rotatable bonds is 3. The number of aliphatic hydroxyl groups excluding tert-OH is 2. The number of fused-ring (bicyclic) bond motifs is 7. The first kappa shape index (κ1) is 26.7. The van der Waals surface area contributed by atoms with E-state index in [2.05, 4.69) is 20.9 Å². The molecule has 4 aliphatic heterocycles. The van der Waals surface area contributed by atoms with Crippen molar-refractivity contribution in [1.29, 1.82) is 0 Å². The molecule has 2 fully saturated rings. The van der Waals surface area contributed by atoms with Gasteiger partial charge < -0.3 is 34.2 Å². The lowest BCUT2D eigenvalue weighted by Gasteiger charge is -2.25. The van der Waals surface area contributed by atoms with Crippen LogP contribution in [0, 0.1) is 0 Å². The third-order valence-corrected chi connectivity index (χ3v) is 8.72. The average molecular weight is 566 g/mol. The Labute approximate surface area is 208 Å². The summed E-state index contributed by atoms with van der Waals surface area (Å²) in [6.45, 7) is 2.09. The zero-order valence-corrected chi connectivity index (χ0v) is 20.7. The van der Waals surface area contributed by atoms with Gasteiger partial charge in [-0.2, -0.15) is 4.31 Å². The van der Waals surface area contributed by atoms with Gasteiger partial charge in [0.15, 0.2) is 17.4 Å². The molecule has 0 radical (unpaired) electrons. The monoisotopic (exact) mass is 566 g/mol. The van der Waals surface area contributed by atoms with Crippen LogP contribution < -0.4 is 5.56 Å². The highest BCUT2D eigenvalue weighted by Gasteiger charge is 2.47. The molecule has 0 aliphatic carbocycles. The van der Waals surface area contributed by atoms with Crippen molar-refractivity contribution in [3.8, 4) is 0 Å². The Hall–Kier alpha value is -1.85. The molecule has 8 bridgehead atoms. The maximum atomic E-state index is 13.3. The summed E-state index contributed by atoms with van der Waals surface area (Å²) in [7, 11) is -10.4. The molecule has 19 heteroatoms. The second-order valence-corrected chi connectivity index (χ2v) is 11.5. The second-order valence-electron chi connectivity index (χ2n) is 8.46. The van der Waals surface area contributed by atoms with E-state index in [1.807, 2.05) is 0 Å². The predicted molar refractivity (Wildman–Crippen MR) is 119 cm³/mol. The molecule has 37 heavy (non-hydrogen) atoms. The van der Waals surface area contributed by atoms with Crippen LogP contribution in [0.25, 0.3) is 11.2 Å². The zero-order valence-electron chi connectivity index (χ0n) is 19.0. The molecule has 0 aromatic carbocycles. The Morgan fingerprint density at radius 2 is 1.73 bits per heavy atom. The fourth-order valence-corrected chi connectivity index (χ4v) is 6.49. The summed E-state index contributed by atoms with van der Waals surface area (Å²) < 4.78 is 58.0. The van der Waals surface area contributed by atoms with Gasteiger partial charge in [0.25, 0.3) is 5.56 Å². The van der Waals surface area contributed by atoms with Gasteiger partial charge in [0.1, 0.15) is 36.8 Å². The van der Waals surface area contributed by atoms with E-state index in [9.17, 15) is 33.9 Å². The number of nitrogens with zero attached hydrogens (tertiary/aromatic N) is 4. The largest absolute Gasteiger partial charge is 0.481 e. The van der Waals surface area contributed by atoms with Crippen LogP contribution in [0.4, 0.5) is 0 Å². The quantitative estimate of drug-likeness (QED) is 0.258. The molecule has 2 saturated heterocycles. The van der Waals surface area contributed by atoms with Crippen LogP contribution in [-0.4, -0.2) is 96.0 Å². The third-order valence-electron chi connectivity index (χ3n) is 6.12. The highest BCUT2D eigenvalue weighted by atomic mass is 31.3. The van der Waals surface area contributed by atoms with Gasteiger partial charge >= 0.3 is 15.6 Å². The van der Waals surface area contributed by atoms with Crippen molar-refractivity contribution in [3.63, 3.8) is 0 Å². The van der Waals surface area contributed by atoms with Crippen LogP contribution in [-0.2, 0) is 36.7 Å². The van der Waals surface area contributed by atoms with E-state index in [0.717, 1.165) is 0 Å². The first-order valence-corrected chi connectivity index (χ1v) is 14.0. The molecule has 0 amide bonds. The predicted octanol–water partition coefficient (Wildman–Crippen LogP) is -1.01. The Bertz CT molecular complexity index is 1330. The molecule has 0 spiro atoms. The summed E-state index contributed by atoms with van der Waals surface area (Å²) in [6.07, 6.45) is -3.89. The van der Waals surface area contributed by atoms with Crippen LogP contribution in [0.15, 0.2) is 30.1 Å². The molecule has 6 heterocycles. The fourth-order valence-electron chi connectivity index (χ4n) is 4.40. The van der Waals surface area contributed by atoms with E-state index in [1.165, 1.54) is 27.9 Å². The minimum absolute atomic E-state index is 0.0352. The number of imidazole rings is 1. The van der Waals surface area contributed by atoms with E-state index in [1.54, 1.807) is 0 Å². The summed E-state index contributed by atoms with van der Waals surface area (Å²) in [4.78, 5) is 41.6. The molecule has 2 unspecified atom stereocenters. The number of ether oxygens (including phenoxy) is 3. The number of hydrogen-bond acceptors (Lipinski definition) is 13. The molecule has 9 atom stereocenters. The van der Waals surface area contributed by atoms with Crippen molar-refractivity contribution in [1.82, 2.24) is 19.1 Å². The van der Waals surface area contributed by atoms with E-state index in [-0.39, 0.29) is 24.4 Å². The lowest BCUT2D eigenvalue weighted by molar-refractivity contribution is -0.0509. The summed E-state index contributed by atoms with van der Waals surface area (Å²) in [6, 6.07) is -0.771.